The summed E-state index contributed by atoms with van der Waals surface area (Å²) < 4.78 is 5.53. The Morgan fingerprint density at radius 3 is 2.63 bits per heavy atom. The van der Waals surface area contributed by atoms with E-state index < -0.39 is 0 Å². The molecule has 1 saturated heterocycles. The van der Waals surface area contributed by atoms with Crippen LogP contribution in [-0.2, 0) is 0 Å². The zero-order valence-electron chi connectivity index (χ0n) is 12.2. The molecule has 0 bridgehead atoms. The molecule has 1 aliphatic rings. The fourth-order valence-electron chi connectivity index (χ4n) is 3.04. The van der Waals surface area contributed by atoms with Crippen molar-refractivity contribution >= 4 is 11.8 Å². The first-order valence-electron chi connectivity index (χ1n) is 7.10. The van der Waals surface area contributed by atoms with E-state index in [9.17, 15) is 0 Å². The van der Waals surface area contributed by atoms with Crippen molar-refractivity contribution in [3.8, 4) is 5.75 Å². The summed E-state index contributed by atoms with van der Waals surface area (Å²) in [6.45, 7) is 4.24. The molecule has 2 nitrogen and oxygen atoms in total. The van der Waals surface area contributed by atoms with Gasteiger partial charge in [0.15, 0.2) is 0 Å². The summed E-state index contributed by atoms with van der Waals surface area (Å²) in [7, 11) is 1.74. The van der Waals surface area contributed by atoms with Gasteiger partial charge in [0.05, 0.1) is 7.11 Å². The summed E-state index contributed by atoms with van der Waals surface area (Å²) in [6.07, 6.45) is 3.71. The van der Waals surface area contributed by atoms with Crippen LogP contribution in [0.2, 0.25) is 0 Å². The SMILES string of the molecule is COc1cc(C)cc(C)c1C(N)CC1CCSCC1. The van der Waals surface area contributed by atoms with E-state index in [1.807, 2.05) is 0 Å². The number of rotatable bonds is 4. The maximum atomic E-state index is 6.47. The zero-order valence-corrected chi connectivity index (χ0v) is 13.1. The van der Waals surface area contributed by atoms with Crippen LogP contribution in [0.25, 0.3) is 0 Å². The Morgan fingerprint density at radius 2 is 2.00 bits per heavy atom. The van der Waals surface area contributed by atoms with Crippen molar-refractivity contribution in [1.82, 2.24) is 0 Å². The number of nitrogens with two attached hydrogens (primary N) is 1. The van der Waals surface area contributed by atoms with Crippen LogP contribution >= 0.6 is 11.8 Å². The van der Waals surface area contributed by atoms with Gasteiger partial charge in [-0.1, -0.05) is 6.07 Å². The third-order valence-corrected chi connectivity index (χ3v) is 5.06. The number of methoxy groups -OCH3 is 1. The van der Waals surface area contributed by atoms with Gasteiger partial charge in [-0.3, -0.25) is 0 Å². The van der Waals surface area contributed by atoms with E-state index in [1.165, 1.54) is 41.0 Å². The molecule has 0 amide bonds. The van der Waals surface area contributed by atoms with Gasteiger partial charge < -0.3 is 10.5 Å². The lowest BCUT2D eigenvalue weighted by Crippen LogP contribution is -2.20. The second kappa shape index (κ2) is 6.67. The fourth-order valence-corrected chi connectivity index (χ4v) is 4.25. The van der Waals surface area contributed by atoms with Gasteiger partial charge in [-0.25, -0.2) is 0 Å². The molecule has 1 aromatic carbocycles. The van der Waals surface area contributed by atoms with Crippen LogP contribution < -0.4 is 10.5 Å². The molecular formula is C16H25NOS. The average molecular weight is 279 g/mol. The molecule has 1 heterocycles. The Bertz CT molecular complexity index is 427. The molecule has 1 aliphatic heterocycles. The van der Waals surface area contributed by atoms with E-state index in [1.54, 1.807) is 7.11 Å². The second-order valence-electron chi connectivity index (χ2n) is 5.60. The van der Waals surface area contributed by atoms with Gasteiger partial charge in [-0.05, 0) is 67.7 Å². The minimum atomic E-state index is 0.101. The molecule has 3 heteroatoms. The van der Waals surface area contributed by atoms with Gasteiger partial charge in [0, 0.05) is 11.6 Å². The van der Waals surface area contributed by atoms with Gasteiger partial charge in [-0.2, -0.15) is 11.8 Å². The van der Waals surface area contributed by atoms with Crippen molar-refractivity contribution in [2.24, 2.45) is 11.7 Å². The van der Waals surface area contributed by atoms with Crippen LogP contribution in [0, 0.1) is 19.8 Å². The number of ether oxygens (including phenoxy) is 1. The Hall–Kier alpha value is -0.670. The third kappa shape index (κ3) is 3.67. The van der Waals surface area contributed by atoms with Crippen molar-refractivity contribution in [2.45, 2.75) is 39.2 Å². The molecule has 0 radical (unpaired) electrons. The topological polar surface area (TPSA) is 35.2 Å². The highest BCUT2D eigenvalue weighted by Crippen LogP contribution is 2.35. The molecule has 1 aromatic rings. The summed E-state index contributed by atoms with van der Waals surface area (Å²) >= 11 is 2.07. The average Bonchev–Trinajstić information content (AvgIpc) is 2.38. The smallest absolute Gasteiger partial charge is 0.124 e. The molecule has 2 N–H and O–H groups in total. The standard InChI is InChI=1S/C16H25NOS/c1-11-8-12(2)16(15(9-11)18-3)14(17)10-13-4-6-19-7-5-13/h8-9,13-14H,4-7,10,17H2,1-3H3. The lowest BCUT2D eigenvalue weighted by atomic mass is 9.88. The molecule has 0 saturated carbocycles. The summed E-state index contributed by atoms with van der Waals surface area (Å²) in [5.74, 6) is 4.32. The largest absolute Gasteiger partial charge is 0.496 e. The summed E-state index contributed by atoms with van der Waals surface area (Å²) in [6, 6.07) is 4.40. The van der Waals surface area contributed by atoms with Crippen molar-refractivity contribution in [2.75, 3.05) is 18.6 Å². The molecule has 19 heavy (non-hydrogen) atoms. The number of thioether (sulfide) groups is 1. The molecular weight excluding hydrogens is 254 g/mol. The molecule has 0 aromatic heterocycles. The fraction of sp³-hybridized carbons (Fsp3) is 0.625. The van der Waals surface area contributed by atoms with Crippen LogP contribution in [0.1, 0.15) is 42.0 Å². The number of hydrogen-bond acceptors (Lipinski definition) is 3. The van der Waals surface area contributed by atoms with Crippen LogP contribution in [0.3, 0.4) is 0 Å². The summed E-state index contributed by atoms with van der Waals surface area (Å²) in [4.78, 5) is 0. The van der Waals surface area contributed by atoms with E-state index in [2.05, 4.69) is 37.7 Å². The normalized spacial score (nSPS) is 18.3. The highest BCUT2D eigenvalue weighted by atomic mass is 32.2. The minimum Gasteiger partial charge on any atom is -0.496 e. The molecule has 1 atom stereocenters. The first-order valence-corrected chi connectivity index (χ1v) is 8.25. The van der Waals surface area contributed by atoms with Gasteiger partial charge in [0.2, 0.25) is 0 Å². The first kappa shape index (κ1) is 14.7. The quantitative estimate of drug-likeness (QED) is 0.909. The van der Waals surface area contributed by atoms with Crippen LogP contribution in [0.5, 0.6) is 5.75 Å². The van der Waals surface area contributed by atoms with E-state index in [0.29, 0.717) is 0 Å². The number of hydrogen-bond donors (Lipinski definition) is 1. The van der Waals surface area contributed by atoms with Crippen molar-refractivity contribution in [3.63, 3.8) is 0 Å². The zero-order chi connectivity index (χ0) is 13.8. The van der Waals surface area contributed by atoms with Gasteiger partial charge in [0.1, 0.15) is 5.75 Å². The maximum absolute atomic E-state index is 6.47. The van der Waals surface area contributed by atoms with E-state index in [-0.39, 0.29) is 6.04 Å². The van der Waals surface area contributed by atoms with Crippen molar-refractivity contribution in [3.05, 3.63) is 28.8 Å². The van der Waals surface area contributed by atoms with E-state index >= 15 is 0 Å². The third-order valence-electron chi connectivity index (χ3n) is 4.01. The van der Waals surface area contributed by atoms with Gasteiger partial charge in [-0.15, -0.1) is 0 Å². The Morgan fingerprint density at radius 1 is 1.32 bits per heavy atom. The van der Waals surface area contributed by atoms with Crippen LogP contribution in [-0.4, -0.2) is 18.6 Å². The lowest BCUT2D eigenvalue weighted by Gasteiger charge is -2.26. The molecule has 0 aliphatic carbocycles. The molecule has 106 valence electrons. The predicted octanol–water partition coefficient (Wildman–Crippen LogP) is 3.85. The molecule has 1 fully saturated rings. The molecule has 1 unspecified atom stereocenters. The highest BCUT2D eigenvalue weighted by Gasteiger charge is 2.21. The second-order valence-corrected chi connectivity index (χ2v) is 6.82. The Kier molecular flexibility index (Phi) is 5.17. The minimum absolute atomic E-state index is 0.101. The number of benzene rings is 1. The Balaban J connectivity index is 2.15. The van der Waals surface area contributed by atoms with E-state index in [0.717, 1.165) is 18.1 Å². The first-order chi connectivity index (χ1) is 9.11. The van der Waals surface area contributed by atoms with Gasteiger partial charge in [0.25, 0.3) is 0 Å². The molecule has 2 rings (SSSR count). The Labute approximate surface area is 121 Å². The summed E-state index contributed by atoms with van der Waals surface area (Å²) in [5.41, 5.74) is 10.2. The van der Waals surface area contributed by atoms with Crippen molar-refractivity contribution < 1.29 is 4.74 Å². The predicted molar refractivity (Wildman–Crippen MR) is 84.1 cm³/mol. The van der Waals surface area contributed by atoms with Crippen LogP contribution in [0.4, 0.5) is 0 Å². The van der Waals surface area contributed by atoms with Crippen molar-refractivity contribution in [1.29, 1.82) is 0 Å². The van der Waals surface area contributed by atoms with Gasteiger partial charge >= 0.3 is 0 Å². The summed E-state index contributed by atoms with van der Waals surface area (Å²) in [5, 5.41) is 0. The highest BCUT2D eigenvalue weighted by molar-refractivity contribution is 7.99. The van der Waals surface area contributed by atoms with E-state index in [4.69, 9.17) is 10.5 Å². The maximum Gasteiger partial charge on any atom is 0.124 e. The monoisotopic (exact) mass is 279 g/mol. The van der Waals surface area contributed by atoms with Crippen LogP contribution in [0.15, 0.2) is 12.1 Å². The number of aryl methyl sites for hydroxylation is 2. The molecule has 0 spiro atoms. The lowest BCUT2D eigenvalue weighted by molar-refractivity contribution is 0.382.